The van der Waals surface area contributed by atoms with Crippen LogP contribution in [0.4, 0.5) is 5.82 Å². The highest BCUT2D eigenvalue weighted by Crippen LogP contribution is 2.40. The molecule has 4 heterocycles. The van der Waals surface area contributed by atoms with Crippen molar-refractivity contribution in [1.82, 2.24) is 24.4 Å². The van der Waals surface area contributed by atoms with Crippen LogP contribution in [0.3, 0.4) is 0 Å². The molecule has 1 aliphatic carbocycles. The number of hydrogen-bond donors (Lipinski definition) is 0. The monoisotopic (exact) mass is 336 g/mol. The Morgan fingerprint density at radius 2 is 2.12 bits per heavy atom. The molecule has 1 saturated heterocycles. The minimum atomic E-state index is -0.0547. The number of rotatable bonds is 4. The van der Waals surface area contributed by atoms with Gasteiger partial charge in [-0.2, -0.15) is 10.2 Å². The highest BCUT2D eigenvalue weighted by Gasteiger charge is 2.30. The Bertz CT molecular complexity index is 973. The van der Waals surface area contributed by atoms with Crippen LogP contribution < -0.4 is 10.5 Å². The van der Waals surface area contributed by atoms with E-state index in [4.69, 9.17) is 5.10 Å². The van der Waals surface area contributed by atoms with E-state index in [0.29, 0.717) is 12.5 Å². The zero-order valence-electron chi connectivity index (χ0n) is 14.0. The van der Waals surface area contributed by atoms with Crippen LogP contribution in [0.2, 0.25) is 0 Å². The first-order valence-electron chi connectivity index (χ1n) is 8.93. The van der Waals surface area contributed by atoms with Crippen molar-refractivity contribution >= 4 is 11.3 Å². The van der Waals surface area contributed by atoms with Gasteiger partial charge in [0.2, 0.25) is 0 Å². The summed E-state index contributed by atoms with van der Waals surface area (Å²) in [7, 11) is 0. The molecular weight excluding hydrogens is 316 g/mol. The molecule has 1 aliphatic heterocycles. The molecule has 0 amide bonds. The zero-order chi connectivity index (χ0) is 16.8. The Morgan fingerprint density at radius 1 is 1.20 bits per heavy atom. The van der Waals surface area contributed by atoms with Crippen LogP contribution in [-0.4, -0.2) is 37.0 Å². The van der Waals surface area contributed by atoms with E-state index in [0.717, 1.165) is 30.7 Å². The van der Waals surface area contributed by atoms with E-state index in [1.165, 1.54) is 18.5 Å². The van der Waals surface area contributed by atoms with Crippen LogP contribution in [0.15, 0.2) is 41.6 Å². The van der Waals surface area contributed by atoms with Gasteiger partial charge in [-0.1, -0.05) is 0 Å². The molecule has 128 valence electrons. The second kappa shape index (κ2) is 5.68. The van der Waals surface area contributed by atoms with Crippen LogP contribution in [0, 0.1) is 0 Å². The molecule has 7 heteroatoms. The lowest BCUT2D eigenvalue weighted by molar-refractivity contribution is 0.487. The third-order valence-electron chi connectivity index (χ3n) is 5.20. The molecule has 3 aromatic heterocycles. The summed E-state index contributed by atoms with van der Waals surface area (Å²) in [6.07, 6.45) is 10.0. The lowest BCUT2D eigenvalue weighted by Gasteiger charge is -2.26. The molecule has 7 nitrogen and oxygen atoms in total. The maximum Gasteiger partial charge on any atom is 0.266 e. The minimum absolute atomic E-state index is 0.0547. The largest absolute Gasteiger partial charge is 0.350 e. The van der Waals surface area contributed by atoms with Gasteiger partial charge in [0.15, 0.2) is 5.82 Å². The fraction of sp³-hybridized carbons (Fsp3) is 0.444. The van der Waals surface area contributed by atoms with Gasteiger partial charge in [-0.25, -0.2) is 14.2 Å². The highest BCUT2D eigenvalue weighted by molar-refractivity contribution is 5.70. The van der Waals surface area contributed by atoms with E-state index in [2.05, 4.69) is 21.0 Å². The van der Waals surface area contributed by atoms with Gasteiger partial charge in [0.05, 0.1) is 18.3 Å². The van der Waals surface area contributed by atoms with Crippen molar-refractivity contribution in [3.63, 3.8) is 0 Å². The average molecular weight is 336 g/mol. The number of anilines is 1. The van der Waals surface area contributed by atoms with Crippen molar-refractivity contribution in [1.29, 1.82) is 0 Å². The zero-order valence-corrected chi connectivity index (χ0v) is 14.0. The summed E-state index contributed by atoms with van der Waals surface area (Å²) in [5.41, 5.74) is 2.18. The number of aromatic nitrogens is 5. The Kier molecular flexibility index (Phi) is 3.33. The SMILES string of the molecule is O=c1cccnn1CC1CCCN1c1nccn2nc(C3CC3)cc12. The van der Waals surface area contributed by atoms with E-state index < -0.39 is 0 Å². The Labute approximate surface area is 144 Å². The predicted octanol–water partition coefficient (Wildman–Crippen LogP) is 1.83. The maximum absolute atomic E-state index is 12.0. The van der Waals surface area contributed by atoms with E-state index in [9.17, 15) is 4.79 Å². The number of fused-ring (bicyclic) bond motifs is 1. The normalized spacial score (nSPS) is 20.5. The molecule has 1 unspecified atom stereocenters. The van der Waals surface area contributed by atoms with Gasteiger partial charge in [0.25, 0.3) is 5.56 Å². The summed E-state index contributed by atoms with van der Waals surface area (Å²) < 4.78 is 3.49. The Hall–Kier alpha value is -2.70. The van der Waals surface area contributed by atoms with Crippen LogP contribution >= 0.6 is 0 Å². The standard InChI is InChI=1S/C18H20N6O/c25-17-4-1-7-20-24(17)12-14-3-2-9-22(14)18-16-11-15(13-5-6-13)21-23(16)10-8-19-18/h1,4,7-8,10-11,13-14H,2-3,5-6,9,12H2. The molecule has 0 radical (unpaired) electrons. The van der Waals surface area contributed by atoms with Gasteiger partial charge in [0, 0.05) is 37.1 Å². The number of hydrogen-bond acceptors (Lipinski definition) is 5. The fourth-order valence-corrected chi connectivity index (χ4v) is 3.76. The van der Waals surface area contributed by atoms with Crippen molar-refractivity contribution in [2.75, 3.05) is 11.4 Å². The number of nitrogens with zero attached hydrogens (tertiary/aromatic N) is 6. The molecule has 1 saturated carbocycles. The first kappa shape index (κ1) is 14.6. The summed E-state index contributed by atoms with van der Waals surface area (Å²) in [5.74, 6) is 1.59. The molecule has 3 aromatic rings. The molecule has 0 aromatic carbocycles. The van der Waals surface area contributed by atoms with E-state index in [1.54, 1.807) is 23.0 Å². The second-order valence-corrected chi connectivity index (χ2v) is 6.96. The summed E-state index contributed by atoms with van der Waals surface area (Å²) >= 11 is 0. The van der Waals surface area contributed by atoms with Crippen molar-refractivity contribution in [2.24, 2.45) is 0 Å². The molecule has 2 aliphatic rings. The smallest absolute Gasteiger partial charge is 0.266 e. The third-order valence-corrected chi connectivity index (χ3v) is 5.20. The lowest BCUT2D eigenvalue weighted by Crippen LogP contribution is -2.37. The molecule has 2 fully saturated rings. The van der Waals surface area contributed by atoms with Crippen LogP contribution in [0.25, 0.3) is 5.52 Å². The quantitative estimate of drug-likeness (QED) is 0.727. The summed E-state index contributed by atoms with van der Waals surface area (Å²) in [5, 5.41) is 8.92. The predicted molar refractivity (Wildman–Crippen MR) is 93.8 cm³/mol. The van der Waals surface area contributed by atoms with Gasteiger partial charge in [0.1, 0.15) is 5.52 Å². The second-order valence-electron chi connectivity index (χ2n) is 6.96. The minimum Gasteiger partial charge on any atom is -0.350 e. The fourth-order valence-electron chi connectivity index (χ4n) is 3.76. The molecule has 1 atom stereocenters. The Morgan fingerprint density at radius 3 is 2.96 bits per heavy atom. The average Bonchev–Trinajstić information content (AvgIpc) is 3.22. The summed E-state index contributed by atoms with van der Waals surface area (Å²) in [6, 6.07) is 5.65. The molecule has 25 heavy (non-hydrogen) atoms. The first-order valence-corrected chi connectivity index (χ1v) is 8.93. The van der Waals surface area contributed by atoms with Gasteiger partial charge in [-0.15, -0.1) is 0 Å². The van der Waals surface area contributed by atoms with Crippen LogP contribution in [0.5, 0.6) is 0 Å². The molecule has 0 N–H and O–H groups in total. The van der Waals surface area contributed by atoms with Crippen LogP contribution in [0.1, 0.15) is 37.3 Å². The van der Waals surface area contributed by atoms with Gasteiger partial charge < -0.3 is 4.90 Å². The van der Waals surface area contributed by atoms with Gasteiger partial charge in [-0.05, 0) is 37.8 Å². The van der Waals surface area contributed by atoms with Gasteiger partial charge in [-0.3, -0.25) is 4.79 Å². The molecule has 0 bridgehead atoms. The lowest BCUT2D eigenvalue weighted by atomic mass is 10.2. The Balaban J connectivity index is 1.50. The van der Waals surface area contributed by atoms with Crippen molar-refractivity contribution in [2.45, 2.75) is 44.2 Å². The van der Waals surface area contributed by atoms with Crippen molar-refractivity contribution in [3.8, 4) is 0 Å². The summed E-state index contributed by atoms with van der Waals surface area (Å²) in [4.78, 5) is 19.0. The third kappa shape index (κ3) is 2.59. The highest BCUT2D eigenvalue weighted by atomic mass is 16.1. The topological polar surface area (TPSA) is 68.3 Å². The first-order chi connectivity index (χ1) is 12.3. The molecular formula is C18H20N6O. The van der Waals surface area contributed by atoms with E-state index >= 15 is 0 Å². The molecule has 0 spiro atoms. The van der Waals surface area contributed by atoms with Crippen molar-refractivity contribution < 1.29 is 0 Å². The van der Waals surface area contributed by atoms with Gasteiger partial charge >= 0.3 is 0 Å². The van der Waals surface area contributed by atoms with E-state index in [-0.39, 0.29) is 11.6 Å². The maximum atomic E-state index is 12.0. The van der Waals surface area contributed by atoms with Crippen molar-refractivity contribution in [3.05, 3.63) is 52.8 Å². The molecule has 5 rings (SSSR count). The summed E-state index contributed by atoms with van der Waals surface area (Å²) in [6.45, 7) is 1.54. The van der Waals surface area contributed by atoms with E-state index in [1.807, 2.05) is 16.9 Å². The van der Waals surface area contributed by atoms with Crippen LogP contribution in [-0.2, 0) is 6.54 Å².